The molecule has 0 aliphatic carbocycles. The van der Waals surface area contributed by atoms with E-state index in [9.17, 15) is 13.2 Å². The minimum atomic E-state index is -3.76. The van der Waals surface area contributed by atoms with Crippen LogP contribution in [0.4, 0.5) is 5.69 Å². The van der Waals surface area contributed by atoms with Gasteiger partial charge in [-0.05, 0) is 70.2 Å². The SMILES string of the molecule is CC(=O)N1c2cc(S(=O)(=O)N3CCN([C@H](c4ccccc4)c4ccc(Cl)cc4)CC3)c(Br)cc2C[C@H]1C. The first-order chi connectivity index (χ1) is 17.7. The molecule has 6 nitrogen and oxygen atoms in total. The molecule has 5 rings (SSSR count). The van der Waals surface area contributed by atoms with E-state index < -0.39 is 10.0 Å². The zero-order chi connectivity index (χ0) is 26.3. The normalized spacial score (nSPS) is 19.6. The van der Waals surface area contributed by atoms with Gasteiger partial charge in [0.15, 0.2) is 0 Å². The fourth-order valence-electron chi connectivity index (χ4n) is 5.53. The molecule has 3 aromatic rings. The van der Waals surface area contributed by atoms with Crippen molar-refractivity contribution in [3.05, 3.63) is 92.9 Å². The van der Waals surface area contributed by atoms with E-state index in [0.29, 0.717) is 47.8 Å². The van der Waals surface area contributed by atoms with E-state index in [1.807, 2.05) is 55.5 Å². The van der Waals surface area contributed by atoms with Crippen molar-refractivity contribution in [1.82, 2.24) is 9.21 Å². The van der Waals surface area contributed by atoms with Gasteiger partial charge in [-0.25, -0.2) is 8.42 Å². The summed E-state index contributed by atoms with van der Waals surface area (Å²) in [5.74, 6) is -0.0836. The van der Waals surface area contributed by atoms with Crippen LogP contribution in [0.5, 0.6) is 0 Å². The Kier molecular flexibility index (Phi) is 7.49. The Morgan fingerprint density at radius 3 is 2.22 bits per heavy atom. The number of hydrogen-bond acceptors (Lipinski definition) is 4. The number of anilines is 1. The first kappa shape index (κ1) is 26.4. The second kappa shape index (κ2) is 10.5. The third-order valence-corrected chi connectivity index (χ3v) is 10.4. The maximum Gasteiger partial charge on any atom is 0.244 e. The Labute approximate surface area is 232 Å². The van der Waals surface area contributed by atoms with Gasteiger partial charge in [0.1, 0.15) is 0 Å². The summed E-state index contributed by atoms with van der Waals surface area (Å²) in [6.45, 7) is 5.41. The van der Waals surface area contributed by atoms with Gasteiger partial charge in [-0.1, -0.05) is 54.1 Å². The van der Waals surface area contributed by atoms with Crippen LogP contribution in [-0.2, 0) is 21.2 Å². The molecule has 2 aliphatic rings. The van der Waals surface area contributed by atoms with Gasteiger partial charge >= 0.3 is 0 Å². The summed E-state index contributed by atoms with van der Waals surface area (Å²) in [5, 5.41) is 0.684. The molecule has 0 N–H and O–H groups in total. The number of rotatable bonds is 5. The number of hydrogen-bond donors (Lipinski definition) is 0. The van der Waals surface area contributed by atoms with Crippen molar-refractivity contribution in [2.75, 3.05) is 31.1 Å². The lowest BCUT2D eigenvalue weighted by Gasteiger charge is -2.39. The molecule has 1 saturated heterocycles. The maximum atomic E-state index is 13.8. The minimum Gasteiger partial charge on any atom is -0.309 e. The first-order valence-electron chi connectivity index (χ1n) is 12.3. The number of halogens is 2. The quantitative estimate of drug-likeness (QED) is 0.387. The zero-order valence-electron chi connectivity index (χ0n) is 20.8. The highest BCUT2D eigenvalue weighted by molar-refractivity contribution is 9.10. The highest BCUT2D eigenvalue weighted by Gasteiger charge is 2.36. The molecule has 0 saturated carbocycles. The molecule has 2 atom stereocenters. The summed E-state index contributed by atoms with van der Waals surface area (Å²) in [4.78, 5) is 16.5. The third-order valence-electron chi connectivity index (χ3n) is 7.25. The molecule has 0 unspecified atom stereocenters. The molecule has 9 heteroatoms. The first-order valence-corrected chi connectivity index (χ1v) is 14.9. The average Bonchev–Trinajstić information content (AvgIpc) is 3.20. The molecular weight excluding hydrogens is 574 g/mol. The van der Waals surface area contributed by atoms with E-state index in [2.05, 4.69) is 33.0 Å². The van der Waals surface area contributed by atoms with Crippen LogP contribution < -0.4 is 4.90 Å². The van der Waals surface area contributed by atoms with Crippen LogP contribution in [0.25, 0.3) is 0 Å². The molecule has 0 radical (unpaired) electrons. The molecule has 0 aromatic heterocycles. The summed E-state index contributed by atoms with van der Waals surface area (Å²) >= 11 is 9.65. The van der Waals surface area contributed by atoms with Crippen molar-refractivity contribution in [2.24, 2.45) is 0 Å². The summed E-state index contributed by atoms with van der Waals surface area (Å²) in [5.41, 5.74) is 3.94. The van der Waals surface area contributed by atoms with Gasteiger partial charge in [0, 0.05) is 54.3 Å². The Bertz CT molecular complexity index is 1410. The monoisotopic (exact) mass is 601 g/mol. The molecule has 3 aromatic carbocycles. The predicted molar refractivity (Wildman–Crippen MR) is 151 cm³/mol. The number of carbonyl (C=O) groups excluding carboxylic acids is 1. The second-order valence-electron chi connectivity index (χ2n) is 9.66. The molecule has 37 heavy (non-hydrogen) atoms. The number of amides is 1. The van der Waals surface area contributed by atoms with Crippen molar-refractivity contribution in [1.29, 1.82) is 0 Å². The van der Waals surface area contributed by atoms with Crippen molar-refractivity contribution < 1.29 is 13.2 Å². The third kappa shape index (κ3) is 5.10. The minimum absolute atomic E-state index is 0.000615. The van der Waals surface area contributed by atoms with Gasteiger partial charge < -0.3 is 4.90 Å². The van der Waals surface area contributed by atoms with E-state index in [0.717, 1.165) is 16.7 Å². The van der Waals surface area contributed by atoms with Gasteiger partial charge in [0.2, 0.25) is 15.9 Å². The topological polar surface area (TPSA) is 60.9 Å². The molecule has 2 aliphatic heterocycles. The van der Waals surface area contributed by atoms with Crippen molar-refractivity contribution in [3.8, 4) is 0 Å². The average molecular weight is 603 g/mol. The lowest BCUT2D eigenvalue weighted by atomic mass is 9.96. The van der Waals surface area contributed by atoms with E-state index in [4.69, 9.17) is 11.6 Å². The summed E-state index contributed by atoms with van der Waals surface area (Å²) in [6, 6.07) is 21.6. The van der Waals surface area contributed by atoms with Crippen molar-refractivity contribution >= 4 is 49.1 Å². The van der Waals surface area contributed by atoms with Crippen molar-refractivity contribution in [2.45, 2.75) is 37.2 Å². The smallest absolute Gasteiger partial charge is 0.244 e. The highest BCUT2D eigenvalue weighted by Crippen LogP contribution is 2.39. The maximum absolute atomic E-state index is 13.8. The van der Waals surface area contributed by atoms with Crippen LogP contribution in [0.15, 0.2) is 76.1 Å². The van der Waals surface area contributed by atoms with Gasteiger partial charge in [-0.2, -0.15) is 4.31 Å². The van der Waals surface area contributed by atoms with Crippen LogP contribution in [0.2, 0.25) is 5.02 Å². The van der Waals surface area contributed by atoms with Crippen LogP contribution in [-0.4, -0.2) is 55.8 Å². The fourth-order valence-corrected chi connectivity index (χ4v) is 8.15. The number of nitrogens with zero attached hydrogens (tertiary/aromatic N) is 3. The molecule has 1 amide bonds. The van der Waals surface area contributed by atoms with Crippen LogP contribution >= 0.6 is 27.5 Å². The van der Waals surface area contributed by atoms with E-state index in [1.54, 1.807) is 15.3 Å². The zero-order valence-corrected chi connectivity index (χ0v) is 23.9. The summed E-state index contributed by atoms with van der Waals surface area (Å²) in [7, 11) is -3.76. The Balaban J connectivity index is 1.40. The Morgan fingerprint density at radius 1 is 0.973 bits per heavy atom. The van der Waals surface area contributed by atoms with Crippen LogP contribution in [0.3, 0.4) is 0 Å². The number of piperazine rings is 1. The van der Waals surface area contributed by atoms with E-state index in [1.165, 1.54) is 6.92 Å². The highest BCUT2D eigenvalue weighted by atomic mass is 79.9. The Morgan fingerprint density at radius 2 is 1.59 bits per heavy atom. The number of benzene rings is 3. The molecule has 1 fully saturated rings. The fraction of sp³-hybridized carbons (Fsp3) is 0.321. The number of fused-ring (bicyclic) bond motifs is 1. The largest absolute Gasteiger partial charge is 0.309 e. The van der Waals surface area contributed by atoms with Crippen LogP contribution in [0, 0.1) is 0 Å². The van der Waals surface area contributed by atoms with E-state index >= 15 is 0 Å². The number of sulfonamides is 1. The molecule has 194 valence electrons. The van der Waals surface area contributed by atoms with Gasteiger partial charge in [-0.3, -0.25) is 9.69 Å². The van der Waals surface area contributed by atoms with Crippen molar-refractivity contribution in [3.63, 3.8) is 0 Å². The van der Waals surface area contributed by atoms with Gasteiger partial charge in [0.25, 0.3) is 0 Å². The van der Waals surface area contributed by atoms with Gasteiger partial charge in [-0.15, -0.1) is 0 Å². The second-order valence-corrected chi connectivity index (χ2v) is 12.9. The standard InChI is InChI=1S/C28H29BrClN3O3S/c1-19-16-23-17-25(29)27(18-26(23)33(19)20(2)34)37(35,36)32-14-12-31(13-15-32)28(21-6-4-3-5-7-21)22-8-10-24(30)11-9-22/h3-11,17-19,28H,12-16H2,1-2H3/t19-,28-/m1/s1. The summed E-state index contributed by atoms with van der Waals surface area (Å²) < 4.78 is 29.6. The molecule has 0 spiro atoms. The van der Waals surface area contributed by atoms with Gasteiger partial charge in [0.05, 0.1) is 10.9 Å². The summed E-state index contributed by atoms with van der Waals surface area (Å²) in [6.07, 6.45) is 0.706. The predicted octanol–water partition coefficient (Wildman–Crippen LogP) is 5.50. The van der Waals surface area contributed by atoms with Crippen LogP contribution in [0.1, 0.15) is 36.6 Å². The number of carbonyl (C=O) groups is 1. The lowest BCUT2D eigenvalue weighted by Crippen LogP contribution is -2.49. The molecule has 0 bridgehead atoms. The molecular formula is C28H29BrClN3O3S. The Hall–Kier alpha value is -2.23. The molecule has 2 heterocycles. The lowest BCUT2D eigenvalue weighted by molar-refractivity contribution is -0.116. The van der Waals surface area contributed by atoms with E-state index in [-0.39, 0.29) is 22.9 Å².